The van der Waals surface area contributed by atoms with Gasteiger partial charge in [0.15, 0.2) is 11.5 Å². The molecule has 36 heavy (non-hydrogen) atoms. The molecule has 0 spiro atoms. The molecule has 10 heteroatoms. The fourth-order valence-corrected chi connectivity index (χ4v) is 4.54. The van der Waals surface area contributed by atoms with Crippen LogP contribution in [0.1, 0.15) is 16.1 Å². The summed E-state index contributed by atoms with van der Waals surface area (Å²) in [4.78, 5) is 26.3. The summed E-state index contributed by atoms with van der Waals surface area (Å²) >= 11 is 0. The number of benzene rings is 2. The molecule has 1 N–H and O–H groups in total. The van der Waals surface area contributed by atoms with Crippen molar-refractivity contribution in [3.8, 4) is 34.5 Å². The van der Waals surface area contributed by atoms with Crippen LogP contribution >= 0.6 is 0 Å². The Bertz CT molecular complexity index is 1440. The molecule has 0 radical (unpaired) electrons. The normalized spacial score (nSPS) is 14.8. The van der Waals surface area contributed by atoms with Crippen LogP contribution in [0.25, 0.3) is 17.2 Å². The van der Waals surface area contributed by atoms with E-state index in [0.717, 1.165) is 11.3 Å². The fourth-order valence-electron chi connectivity index (χ4n) is 4.54. The monoisotopic (exact) mass is 484 g/mol. The number of carbonyl (C=O) groups is 1. The summed E-state index contributed by atoms with van der Waals surface area (Å²) in [6.07, 6.45) is 3.24. The minimum atomic E-state index is -0.0809. The average molecular weight is 485 g/mol. The molecule has 1 fully saturated rings. The predicted octanol–water partition coefficient (Wildman–Crippen LogP) is 3.03. The van der Waals surface area contributed by atoms with Crippen molar-refractivity contribution in [2.24, 2.45) is 0 Å². The number of rotatable bonds is 4. The Kier molecular flexibility index (Phi) is 5.40. The third-order valence-electron chi connectivity index (χ3n) is 6.53. The van der Waals surface area contributed by atoms with Gasteiger partial charge in [0.2, 0.25) is 6.79 Å². The predicted molar refractivity (Wildman–Crippen MR) is 132 cm³/mol. The first-order valence-corrected chi connectivity index (χ1v) is 11.7. The summed E-state index contributed by atoms with van der Waals surface area (Å²) in [6, 6.07) is 14.7. The number of phenolic OH excluding ortho intramolecular Hbond substituents is 1. The fraction of sp³-hybridized carbons (Fsp3) is 0.231. The molecule has 0 atom stereocenters. The van der Waals surface area contributed by atoms with E-state index < -0.39 is 0 Å². The van der Waals surface area contributed by atoms with Crippen molar-refractivity contribution in [2.45, 2.75) is 6.92 Å². The van der Waals surface area contributed by atoms with Crippen LogP contribution in [0, 0.1) is 6.92 Å². The van der Waals surface area contributed by atoms with Gasteiger partial charge in [0.1, 0.15) is 5.75 Å². The number of ether oxygens (including phenoxy) is 2. The van der Waals surface area contributed by atoms with E-state index in [-0.39, 0.29) is 18.4 Å². The van der Waals surface area contributed by atoms with Crippen LogP contribution in [0.3, 0.4) is 0 Å². The van der Waals surface area contributed by atoms with E-state index in [0.29, 0.717) is 60.6 Å². The molecule has 2 aliphatic heterocycles. The van der Waals surface area contributed by atoms with Crippen LogP contribution < -0.4 is 14.4 Å². The van der Waals surface area contributed by atoms with E-state index >= 15 is 0 Å². The molecule has 2 aromatic heterocycles. The van der Waals surface area contributed by atoms with Crippen molar-refractivity contribution in [1.82, 2.24) is 24.6 Å². The zero-order valence-corrected chi connectivity index (χ0v) is 19.7. The lowest BCUT2D eigenvalue weighted by atomic mass is 10.1. The molecule has 1 saturated heterocycles. The SMILES string of the molecule is Cc1c(C(=O)N2CCN(c3ccccc3O)CC2)cnn1-c1nccc(-c2ccc3c(c2)OCO3)n1. The number of phenols is 1. The van der Waals surface area contributed by atoms with E-state index in [1.54, 1.807) is 29.2 Å². The summed E-state index contributed by atoms with van der Waals surface area (Å²) in [5.41, 5.74) is 3.55. The van der Waals surface area contributed by atoms with Gasteiger partial charge in [0, 0.05) is 37.9 Å². The van der Waals surface area contributed by atoms with Crippen molar-refractivity contribution in [1.29, 1.82) is 0 Å². The number of aromatic nitrogens is 4. The van der Waals surface area contributed by atoms with Gasteiger partial charge in [-0.05, 0) is 43.3 Å². The molecule has 0 aliphatic carbocycles. The van der Waals surface area contributed by atoms with Crippen molar-refractivity contribution < 1.29 is 19.4 Å². The zero-order valence-electron chi connectivity index (χ0n) is 19.7. The minimum Gasteiger partial charge on any atom is -0.506 e. The van der Waals surface area contributed by atoms with Gasteiger partial charge >= 0.3 is 0 Å². The van der Waals surface area contributed by atoms with Crippen LogP contribution in [0.5, 0.6) is 17.2 Å². The number of piperazine rings is 1. The summed E-state index contributed by atoms with van der Waals surface area (Å²) < 4.78 is 12.5. The first-order valence-electron chi connectivity index (χ1n) is 11.7. The number of amides is 1. The number of para-hydroxylation sites is 2. The highest BCUT2D eigenvalue weighted by molar-refractivity contribution is 5.95. The maximum atomic E-state index is 13.3. The Morgan fingerprint density at radius 2 is 1.81 bits per heavy atom. The van der Waals surface area contributed by atoms with Gasteiger partial charge < -0.3 is 24.4 Å². The molecule has 10 nitrogen and oxygen atoms in total. The molecule has 182 valence electrons. The van der Waals surface area contributed by atoms with Crippen molar-refractivity contribution in [3.05, 3.63) is 72.2 Å². The van der Waals surface area contributed by atoms with E-state index in [1.165, 1.54) is 0 Å². The number of anilines is 1. The lowest BCUT2D eigenvalue weighted by molar-refractivity contribution is 0.0746. The second-order valence-electron chi connectivity index (χ2n) is 8.63. The molecular weight excluding hydrogens is 460 g/mol. The number of hydrogen-bond acceptors (Lipinski definition) is 8. The molecule has 0 bridgehead atoms. The van der Waals surface area contributed by atoms with E-state index in [4.69, 9.17) is 9.47 Å². The summed E-state index contributed by atoms with van der Waals surface area (Å²) in [5.74, 6) is 1.94. The van der Waals surface area contributed by atoms with Crippen molar-refractivity contribution in [3.63, 3.8) is 0 Å². The summed E-state index contributed by atoms with van der Waals surface area (Å²) in [7, 11) is 0. The largest absolute Gasteiger partial charge is 0.506 e. The smallest absolute Gasteiger partial charge is 0.257 e. The van der Waals surface area contributed by atoms with Crippen LogP contribution in [0.4, 0.5) is 5.69 Å². The van der Waals surface area contributed by atoms with Gasteiger partial charge in [0.25, 0.3) is 11.9 Å². The number of hydrogen-bond donors (Lipinski definition) is 1. The van der Waals surface area contributed by atoms with Crippen LogP contribution in [0.15, 0.2) is 60.9 Å². The number of fused-ring (bicyclic) bond motifs is 1. The Hall–Kier alpha value is -4.60. The minimum absolute atomic E-state index is 0.0809. The molecule has 0 saturated carbocycles. The van der Waals surface area contributed by atoms with E-state index in [1.807, 2.05) is 48.2 Å². The highest BCUT2D eigenvalue weighted by Gasteiger charge is 2.26. The summed E-state index contributed by atoms with van der Waals surface area (Å²) in [6.45, 7) is 4.42. The van der Waals surface area contributed by atoms with E-state index in [9.17, 15) is 9.90 Å². The zero-order chi connectivity index (χ0) is 24.6. The molecule has 6 rings (SSSR count). The number of carbonyl (C=O) groups excluding carboxylic acids is 1. The molecule has 2 aliphatic rings. The second kappa shape index (κ2) is 8.88. The summed E-state index contributed by atoms with van der Waals surface area (Å²) in [5, 5.41) is 14.6. The number of aromatic hydroxyl groups is 1. The molecule has 0 unspecified atom stereocenters. The highest BCUT2D eigenvalue weighted by atomic mass is 16.7. The van der Waals surface area contributed by atoms with Crippen LogP contribution in [-0.2, 0) is 0 Å². The van der Waals surface area contributed by atoms with E-state index in [2.05, 4.69) is 20.0 Å². The lowest BCUT2D eigenvalue weighted by Crippen LogP contribution is -2.48. The Morgan fingerprint density at radius 3 is 2.64 bits per heavy atom. The molecule has 2 aromatic carbocycles. The number of nitrogens with zero attached hydrogens (tertiary/aromatic N) is 6. The third-order valence-corrected chi connectivity index (χ3v) is 6.53. The standard InChI is InChI=1S/C26H24N6O4/c1-17-19(25(34)31-12-10-30(11-13-31)21-4-2-3-5-22(21)33)15-28-32(17)26-27-9-8-20(29-26)18-6-7-23-24(14-18)36-16-35-23/h2-9,14-15,33H,10-13,16H2,1H3. The molecule has 4 heterocycles. The molecular formula is C26H24N6O4. The van der Waals surface area contributed by atoms with Gasteiger partial charge in [-0.3, -0.25) is 4.79 Å². The first-order chi connectivity index (χ1) is 17.6. The second-order valence-corrected chi connectivity index (χ2v) is 8.63. The highest BCUT2D eigenvalue weighted by Crippen LogP contribution is 2.35. The van der Waals surface area contributed by atoms with Gasteiger partial charge in [-0.15, -0.1) is 0 Å². The molecule has 4 aromatic rings. The Morgan fingerprint density at radius 1 is 1.00 bits per heavy atom. The Balaban J connectivity index is 1.20. The van der Waals surface area contributed by atoms with Gasteiger partial charge in [-0.2, -0.15) is 5.10 Å². The third kappa shape index (κ3) is 3.86. The van der Waals surface area contributed by atoms with Crippen LogP contribution in [0.2, 0.25) is 0 Å². The molecule has 1 amide bonds. The maximum Gasteiger partial charge on any atom is 0.257 e. The van der Waals surface area contributed by atoms with Gasteiger partial charge in [-0.25, -0.2) is 14.6 Å². The topological polar surface area (TPSA) is 106 Å². The van der Waals surface area contributed by atoms with Gasteiger partial charge in [0.05, 0.1) is 28.8 Å². The maximum absolute atomic E-state index is 13.3. The first kappa shape index (κ1) is 21.9. The van der Waals surface area contributed by atoms with Crippen LogP contribution in [-0.4, -0.2) is 68.6 Å². The van der Waals surface area contributed by atoms with Gasteiger partial charge in [-0.1, -0.05) is 12.1 Å². The Labute approximate surface area is 207 Å². The lowest BCUT2D eigenvalue weighted by Gasteiger charge is -2.36. The van der Waals surface area contributed by atoms with Crippen molar-refractivity contribution in [2.75, 3.05) is 37.9 Å². The average Bonchev–Trinajstić information content (AvgIpc) is 3.55. The quantitative estimate of drug-likeness (QED) is 0.471. The van der Waals surface area contributed by atoms with Crippen molar-refractivity contribution >= 4 is 11.6 Å².